The van der Waals surface area contributed by atoms with Crippen LogP contribution in [-0.4, -0.2) is 15.2 Å². The summed E-state index contributed by atoms with van der Waals surface area (Å²) in [5.74, 6) is 0.206. The molecule has 0 saturated heterocycles. The van der Waals surface area contributed by atoms with E-state index in [1.807, 2.05) is 0 Å². The molecule has 0 aromatic heterocycles. The molecule has 6 nitrogen and oxygen atoms in total. The van der Waals surface area contributed by atoms with Crippen LogP contribution in [0.3, 0.4) is 0 Å². The first-order valence-electron chi connectivity index (χ1n) is 3.94. The van der Waals surface area contributed by atoms with Crippen LogP contribution in [0.5, 0.6) is 5.75 Å². The predicted octanol–water partition coefficient (Wildman–Crippen LogP) is 2.00. The van der Waals surface area contributed by atoms with Gasteiger partial charge in [-0.2, -0.15) is 0 Å². The Morgan fingerprint density at radius 1 is 1.62 bits per heavy atom. The zero-order valence-electron chi connectivity index (χ0n) is 8.04. The van der Waals surface area contributed by atoms with Gasteiger partial charge in [-0.25, -0.2) is 0 Å². The lowest BCUT2D eigenvalue weighted by Gasteiger charge is -2.02. The first-order valence-corrected chi connectivity index (χ1v) is 4.92. The van der Waals surface area contributed by atoms with E-state index in [0.717, 1.165) is 11.8 Å². The number of nitrogens with one attached hydrogen (secondary N) is 1. The standard InChI is InChI=1S/C8H9N3O3S.BrH/c9-8(10)15-4-5-3-6(11(13)14)1-2-7(5)12;/h1-3,12H,4H2,(H3,9,10);1H. The van der Waals surface area contributed by atoms with E-state index in [4.69, 9.17) is 11.1 Å². The molecule has 0 atom stereocenters. The number of thioether (sulfide) groups is 1. The number of hydrogen-bond acceptors (Lipinski definition) is 5. The minimum absolute atomic E-state index is 0. The number of nitro benzene ring substituents is 1. The van der Waals surface area contributed by atoms with E-state index in [1.165, 1.54) is 18.2 Å². The van der Waals surface area contributed by atoms with Gasteiger partial charge >= 0.3 is 0 Å². The van der Waals surface area contributed by atoms with Crippen molar-refractivity contribution in [3.63, 3.8) is 0 Å². The second-order valence-corrected chi connectivity index (χ2v) is 3.74. The van der Waals surface area contributed by atoms with Gasteiger partial charge in [0.15, 0.2) is 5.17 Å². The number of nitro groups is 1. The van der Waals surface area contributed by atoms with Crippen LogP contribution in [0.25, 0.3) is 0 Å². The van der Waals surface area contributed by atoms with Crippen LogP contribution in [0, 0.1) is 15.5 Å². The van der Waals surface area contributed by atoms with Crippen LogP contribution in [0.15, 0.2) is 18.2 Å². The summed E-state index contributed by atoms with van der Waals surface area (Å²) in [7, 11) is 0. The third-order valence-electron chi connectivity index (χ3n) is 1.66. The topological polar surface area (TPSA) is 113 Å². The number of phenols is 1. The molecule has 16 heavy (non-hydrogen) atoms. The third kappa shape index (κ3) is 4.07. The number of hydrogen-bond donors (Lipinski definition) is 3. The molecule has 0 spiro atoms. The number of benzene rings is 1. The molecule has 4 N–H and O–H groups in total. The molecule has 8 heteroatoms. The number of nitrogens with two attached hydrogens (primary N) is 1. The highest BCUT2D eigenvalue weighted by molar-refractivity contribution is 8.93. The minimum Gasteiger partial charge on any atom is -0.508 e. The van der Waals surface area contributed by atoms with E-state index in [-0.39, 0.29) is 39.3 Å². The summed E-state index contributed by atoms with van der Waals surface area (Å²) < 4.78 is 0. The summed E-state index contributed by atoms with van der Waals surface area (Å²) >= 11 is 0.997. The lowest BCUT2D eigenvalue weighted by Crippen LogP contribution is -2.03. The van der Waals surface area contributed by atoms with E-state index in [1.54, 1.807) is 0 Å². The molecule has 1 aromatic rings. The van der Waals surface area contributed by atoms with Crippen LogP contribution >= 0.6 is 28.7 Å². The summed E-state index contributed by atoms with van der Waals surface area (Å²) in [6.07, 6.45) is 0. The van der Waals surface area contributed by atoms with Crippen LogP contribution in [-0.2, 0) is 5.75 Å². The molecule has 88 valence electrons. The fourth-order valence-corrected chi connectivity index (χ4v) is 1.50. The normalized spacial score (nSPS) is 9.25. The van der Waals surface area contributed by atoms with Crippen molar-refractivity contribution in [1.29, 1.82) is 5.41 Å². The Labute approximate surface area is 106 Å². The Balaban J connectivity index is 0.00000225. The largest absolute Gasteiger partial charge is 0.508 e. The number of amidine groups is 1. The van der Waals surface area contributed by atoms with Crippen molar-refractivity contribution >= 4 is 39.6 Å². The van der Waals surface area contributed by atoms with Crippen LogP contribution in [0.4, 0.5) is 5.69 Å². The summed E-state index contributed by atoms with van der Waals surface area (Å²) in [6, 6.07) is 3.75. The quantitative estimate of drug-likeness (QED) is 0.342. The Bertz CT molecular complexity index is 414. The Hall–Kier alpha value is -1.28. The van der Waals surface area contributed by atoms with Crippen LogP contribution < -0.4 is 5.73 Å². The van der Waals surface area contributed by atoms with Crippen LogP contribution in [0.1, 0.15) is 5.56 Å². The van der Waals surface area contributed by atoms with Crippen molar-refractivity contribution in [2.75, 3.05) is 0 Å². The summed E-state index contributed by atoms with van der Waals surface area (Å²) in [5, 5.41) is 26.7. The molecule has 0 heterocycles. The second kappa shape index (κ2) is 6.33. The van der Waals surface area contributed by atoms with Gasteiger partial charge in [0.2, 0.25) is 0 Å². The third-order valence-corrected chi connectivity index (χ3v) is 2.42. The Morgan fingerprint density at radius 3 is 2.75 bits per heavy atom. The number of aromatic hydroxyl groups is 1. The number of halogens is 1. The number of nitrogens with zero attached hydrogens (tertiary/aromatic N) is 1. The molecule has 0 aliphatic heterocycles. The maximum Gasteiger partial charge on any atom is 0.270 e. The van der Waals surface area contributed by atoms with Gasteiger partial charge in [0.05, 0.1) is 4.92 Å². The van der Waals surface area contributed by atoms with Gasteiger partial charge in [-0.3, -0.25) is 15.5 Å². The molecule has 1 aromatic carbocycles. The van der Waals surface area contributed by atoms with Crippen molar-refractivity contribution in [2.45, 2.75) is 5.75 Å². The summed E-state index contributed by atoms with van der Waals surface area (Å²) in [4.78, 5) is 9.91. The maximum atomic E-state index is 10.5. The lowest BCUT2D eigenvalue weighted by atomic mass is 10.2. The van der Waals surface area contributed by atoms with Crippen molar-refractivity contribution in [3.8, 4) is 5.75 Å². The molecule has 0 amide bonds. The van der Waals surface area contributed by atoms with Gasteiger partial charge in [-0.1, -0.05) is 11.8 Å². The van der Waals surface area contributed by atoms with Gasteiger partial charge in [0, 0.05) is 23.4 Å². The Morgan fingerprint density at radius 2 is 2.25 bits per heavy atom. The molecule has 0 aliphatic rings. The SMILES string of the molecule is Br.N=C(N)SCc1cc([N+](=O)[O-])ccc1O. The first-order chi connectivity index (χ1) is 7.00. The second-order valence-electron chi connectivity index (χ2n) is 2.72. The highest BCUT2D eigenvalue weighted by Crippen LogP contribution is 2.26. The van der Waals surface area contributed by atoms with Crippen LogP contribution in [0.2, 0.25) is 0 Å². The van der Waals surface area contributed by atoms with E-state index in [0.29, 0.717) is 5.56 Å². The monoisotopic (exact) mass is 307 g/mol. The zero-order valence-corrected chi connectivity index (χ0v) is 10.6. The van der Waals surface area contributed by atoms with Gasteiger partial charge in [-0.15, -0.1) is 17.0 Å². The molecular formula is C8H10BrN3O3S. The molecule has 0 saturated carbocycles. The van der Waals surface area contributed by atoms with Crippen molar-refractivity contribution in [2.24, 2.45) is 5.73 Å². The lowest BCUT2D eigenvalue weighted by molar-refractivity contribution is -0.384. The van der Waals surface area contributed by atoms with Crippen molar-refractivity contribution in [1.82, 2.24) is 0 Å². The molecular weight excluding hydrogens is 298 g/mol. The maximum absolute atomic E-state index is 10.5. The summed E-state index contributed by atoms with van der Waals surface area (Å²) in [5.41, 5.74) is 5.42. The van der Waals surface area contributed by atoms with Gasteiger partial charge in [0.25, 0.3) is 5.69 Å². The predicted molar refractivity (Wildman–Crippen MR) is 68.3 cm³/mol. The number of non-ortho nitro benzene ring substituents is 1. The molecule has 0 aliphatic carbocycles. The zero-order chi connectivity index (χ0) is 11.4. The average molecular weight is 308 g/mol. The molecule has 0 unspecified atom stereocenters. The van der Waals surface area contributed by atoms with E-state index >= 15 is 0 Å². The van der Waals surface area contributed by atoms with Gasteiger partial charge in [-0.05, 0) is 6.07 Å². The van der Waals surface area contributed by atoms with E-state index < -0.39 is 4.92 Å². The van der Waals surface area contributed by atoms with E-state index in [2.05, 4.69) is 0 Å². The molecule has 0 radical (unpaired) electrons. The number of phenolic OH excluding ortho intramolecular Hbond substituents is 1. The van der Waals surface area contributed by atoms with Gasteiger partial charge in [0.1, 0.15) is 5.75 Å². The minimum atomic E-state index is -0.540. The van der Waals surface area contributed by atoms with E-state index in [9.17, 15) is 15.2 Å². The van der Waals surface area contributed by atoms with Crippen molar-refractivity contribution < 1.29 is 10.0 Å². The van der Waals surface area contributed by atoms with Gasteiger partial charge < -0.3 is 10.8 Å². The Kier molecular flexibility index (Phi) is 5.83. The molecule has 0 fully saturated rings. The fraction of sp³-hybridized carbons (Fsp3) is 0.125. The highest BCUT2D eigenvalue weighted by atomic mass is 79.9. The molecule has 1 rings (SSSR count). The average Bonchev–Trinajstić information content (AvgIpc) is 2.16. The summed E-state index contributed by atoms with van der Waals surface area (Å²) in [6.45, 7) is 0. The molecule has 0 bridgehead atoms. The first kappa shape index (κ1) is 14.7. The fourth-order valence-electron chi connectivity index (χ4n) is 0.957. The van der Waals surface area contributed by atoms with Crippen molar-refractivity contribution in [3.05, 3.63) is 33.9 Å². The highest BCUT2D eigenvalue weighted by Gasteiger charge is 2.10. The number of rotatable bonds is 3. The smallest absolute Gasteiger partial charge is 0.270 e.